The molecule has 0 saturated heterocycles. The number of hydrogen-bond donors (Lipinski definition) is 2. The molecule has 0 amide bonds. The minimum atomic E-state index is -3.71. The van der Waals surface area contributed by atoms with Crippen LogP contribution in [0.15, 0.2) is 35.6 Å². The summed E-state index contributed by atoms with van der Waals surface area (Å²) < 4.78 is 26.3. The minimum Gasteiger partial charge on any atom is -0.358 e. The van der Waals surface area contributed by atoms with E-state index in [2.05, 4.69) is 19.7 Å². The summed E-state index contributed by atoms with van der Waals surface area (Å²) in [5.74, 6) is 0.387. The lowest BCUT2D eigenvalue weighted by Crippen LogP contribution is -2.25. The Morgan fingerprint density at radius 3 is 2.71 bits per heavy atom. The number of aryl methyl sites for hydroxylation is 1. The maximum absolute atomic E-state index is 11.9. The third kappa shape index (κ3) is 4.07. The fourth-order valence-corrected chi connectivity index (χ4v) is 2.64. The quantitative estimate of drug-likeness (QED) is 0.438. The zero-order valence-electron chi connectivity index (χ0n) is 10.9. The maximum atomic E-state index is 11.9. The summed E-state index contributed by atoms with van der Waals surface area (Å²) >= 11 is 0. The van der Waals surface area contributed by atoms with E-state index in [-0.39, 0.29) is 11.4 Å². The van der Waals surface area contributed by atoms with Gasteiger partial charge in [0.15, 0.2) is 6.20 Å². The van der Waals surface area contributed by atoms with Crippen molar-refractivity contribution in [2.45, 2.75) is 17.7 Å². The first kappa shape index (κ1) is 15.1. The van der Waals surface area contributed by atoms with E-state index < -0.39 is 20.8 Å². The Hall–Kier alpha value is -2.33. The fraction of sp³-hybridized carbons (Fsp3) is 0.273. The number of pyridine rings is 1. The van der Waals surface area contributed by atoms with Crippen LogP contribution in [-0.2, 0) is 16.4 Å². The molecule has 0 spiro atoms. The number of hydrogen-bond acceptors (Lipinski definition) is 6. The second-order valence-electron chi connectivity index (χ2n) is 4.15. The van der Waals surface area contributed by atoms with Crippen LogP contribution in [0, 0.1) is 10.1 Å². The number of H-pyrrole nitrogens is 1. The maximum Gasteiger partial charge on any atom is 0.363 e. The molecule has 2 rings (SSSR count). The van der Waals surface area contributed by atoms with E-state index in [0.29, 0.717) is 12.8 Å². The first-order valence-corrected chi connectivity index (χ1v) is 7.56. The van der Waals surface area contributed by atoms with Gasteiger partial charge in [0.2, 0.25) is 10.0 Å². The van der Waals surface area contributed by atoms with Gasteiger partial charge in [0.25, 0.3) is 0 Å². The molecule has 9 nitrogen and oxygen atoms in total. The number of imidazole rings is 1. The Labute approximate surface area is 120 Å². The van der Waals surface area contributed by atoms with Crippen LogP contribution in [0.3, 0.4) is 0 Å². The van der Waals surface area contributed by atoms with Crippen molar-refractivity contribution in [2.24, 2.45) is 0 Å². The Balaban J connectivity index is 1.90. The van der Waals surface area contributed by atoms with Gasteiger partial charge in [-0.2, -0.15) is 0 Å². The van der Waals surface area contributed by atoms with E-state index in [1.165, 1.54) is 0 Å². The lowest BCUT2D eigenvalue weighted by Gasteiger charge is -2.04. The molecule has 0 saturated carbocycles. The molecule has 0 atom stereocenters. The van der Waals surface area contributed by atoms with E-state index in [4.69, 9.17) is 0 Å². The van der Waals surface area contributed by atoms with Gasteiger partial charge in [0, 0.05) is 31.4 Å². The van der Waals surface area contributed by atoms with Crippen molar-refractivity contribution in [2.75, 3.05) is 6.54 Å². The van der Waals surface area contributed by atoms with Crippen LogP contribution in [0.25, 0.3) is 0 Å². The number of nitro groups is 1. The van der Waals surface area contributed by atoms with Gasteiger partial charge < -0.3 is 15.1 Å². The zero-order chi connectivity index (χ0) is 15.3. The van der Waals surface area contributed by atoms with Crippen molar-refractivity contribution in [1.29, 1.82) is 0 Å². The van der Waals surface area contributed by atoms with Gasteiger partial charge in [-0.25, -0.2) is 18.1 Å². The van der Waals surface area contributed by atoms with Gasteiger partial charge in [-0.15, -0.1) is 0 Å². The number of rotatable bonds is 7. The molecule has 0 aliphatic heterocycles. The summed E-state index contributed by atoms with van der Waals surface area (Å²) in [6.45, 7) is 0.236. The normalized spacial score (nSPS) is 11.4. The lowest BCUT2D eigenvalue weighted by molar-refractivity contribution is -0.389. The van der Waals surface area contributed by atoms with Crippen molar-refractivity contribution in [3.05, 3.63) is 46.7 Å². The first-order valence-electron chi connectivity index (χ1n) is 6.07. The van der Waals surface area contributed by atoms with Gasteiger partial charge in [-0.1, -0.05) is 0 Å². The van der Waals surface area contributed by atoms with Crippen LogP contribution >= 0.6 is 0 Å². The van der Waals surface area contributed by atoms with Crippen LogP contribution < -0.4 is 4.72 Å². The van der Waals surface area contributed by atoms with E-state index >= 15 is 0 Å². The summed E-state index contributed by atoms with van der Waals surface area (Å²) in [6, 6.07) is 2.21. The third-order valence-corrected chi connectivity index (χ3v) is 4.10. The fourth-order valence-electron chi connectivity index (χ4n) is 1.62. The highest BCUT2D eigenvalue weighted by molar-refractivity contribution is 7.89. The van der Waals surface area contributed by atoms with Crippen molar-refractivity contribution in [3.8, 4) is 0 Å². The molecule has 2 aromatic heterocycles. The average molecular weight is 311 g/mol. The molecule has 21 heavy (non-hydrogen) atoms. The van der Waals surface area contributed by atoms with Gasteiger partial charge >= 0.3 is 5.82 Å². The van der Waals surface area contributed by atoms with Crippen molar-refractivity contribution < 1.29 is 13.3 Å². The van der Waals surface area contributed by atoms with Gasteiger partial charge in [0.1, 0.15) is 10.7 Å². The molecule has 0 aromatic carbocycles. The summed E-state index contributed by atoms with van der Waals surface area (Å²) in [5, 5.41) is 10.5. The van der Waals surface area contributed by atoms with Crippen LogP contribution in [0.4, 0.5) is 5.82 Å². The van der Waals surface area contributed by atoms with Crippen molar-refractivity contribution in [1.82, 2.24) is 19.7 Å². The van der Waals surface area contributed by atoms with Crippen LogP contribution in [0.1, 0.15) is 12.2 Å². The number of aromatic amines is 1. The molecule has 2 aromatic rings. The summed E-state index contributed by atoms with van der Waals surface area (Å²) in [6.07, 6.45) is 5.48. The second-order valence-corrected chi connectivity index (χ2v) is 5.91. The van der Waals surface area contributed by atoms with Crippen LogP contribution in [0.2, 0.25) is 0 Å². The molecule has 2 heterocycles. The van der Waals surface area contributed by atoms with Gasteiger partial charge in [0.05, 0.1) is 0 Å². The Morgan fingerprint density at radius 1 is 1.33 bits per heavy atom. The Bertz CT molecular complexity index is 697. The molecule has 0 unspecified atom stereocenters. The largest absolute Gasteiger partial charge is 0.363 e. The predicted molar refractivity (Wildman–Crippen MR) is 73.0 cm³/mol. The molecule has 0 bridgehead atoms. The molecular formula is C11H13N5O4S. The highest BCUT2D eigenvalue weighted by Crippen LogP contribution is 2.12. The number of nitrogens with one attached hydrogen (secondary N) is 2. The van der Waals surface area contributed by atoms with E-state index in [1.807, 2.05) is 0 Å². The number of sulfonamides is 1. The predicted octanol–water partition coefficient (Wildman–Crippen LogP) is 0.624. The molecule has 0 aliphatic rings. The second kappa shape index (κ2) is 6.41. The molecule has 112 valence electrons. The van der Waals surface area contributed by atoms with Gasteiger partial charge in [-0.3, -0.25) is 0 Å². The highest BCUT2D eigenvalue weighted by Gasteiger charge is 2.17. The van der Waals surface area contributed by atoms with Gasteiger partial charge in [-0.05, 0) is 22.4 Å². The minimum absolute atomic E-state index is 0.105. The SMILES string of the molecule is O=[N+]([O-])c1ccc(S(=O)(=O)NCCCc2ncc[nH]2)cn1. The van der Waals surface area contributed by atoms with Crippen molar-refractivity contribution >= 4 is 15.8 Å². The monoisotopic (exact) mass is 311 g/mol. The van der Waals surface area contributed by atoms with Crippen LogP contribution in [-0.4, -0.2) is 34.8 Å². The van der Waals surface area contributed by atoms with E-state index in [9.17, 15) is 18.5 Å². The summed E-state index contributed by atoms with van der Waals surface area (Å²) in [7, 11) is -3.71. The molecule has 0 fully saturated rings. The highest BCUT2D eigenvalue weighted by atomic mass is 32.2. The van der Waals surface area contributed by atoms with E-state index in [0.717, 1.165) is 24.2 Å². The standard InChI is InChI=1S/C11H13N5O4S/c17-16(18)11-4-3-9(8-14-11)21(19,20)15-5-1-2-10-12-6-7-13-10/h3-4,6-8,15H,1-2,5H2,(H,12,13). The third-order valence-electron chi connectivity index (χ3n) is 2.66. The van der Waals surface area contributed by atoms with Crippen molar-refractivity contribution in [3.63, 3.8) is 0 Å². The van der Waals surface area contributed by atoms with E-state index in [1.54, 1.807) is 12.4 Å². The Kier molecular flexibility index (Phi) is 4.60. The number of nitrogens with zero attached hydrogens (tertiary/aromatic N) is 3. The smallest absolute Gasteiger partial charge is 0.358 e. The molecule has 0 radical (unpaired) electrons. The molecule has 2 N–H and O–H groups in total. The summed E-state index contributed by atoms with van der Waals surface area (Å²) in [5.41, 5.74) is 0. The topological polar surface area (TPSA) is 131 Å². The number of aromatic nitrogens is 3. The first-order chi connectivity index (χ1) is 9.99. The lowest BCUT2D eigenvalue weighted by atomic mass is 10.3. The average Bonchev–Trinajstić information content (AvgIpc) is 2.97. The van der Waals surface area contributed by atoms with Crippen LogP contribution in [0.5, 0.6) is 0 Å². The zero-order valence-corrected chi connectivity index (χ0v) is 11.7. The molecular weight excluding hydrogens is 298 g/mol. The summed E-state index contributed by atoms with van der Waals surface area (Å²) in [4.78, 5) is 20.1. The Morgan fingerprint density at radius 2 is 2.14 bits per heavy atom. The molecule has 0 aliphatic carbocycles. The molecule has 10 heteroatoms.